The summed E-state index contributed by atoms with van der Waals surface area (Å²) < 4.78 is 46.5. The van der Waals surface area contributed by atoms with Crippen LogP contribution in [-0.4, -0.2) is 197 Å². The molecule has 0 unspecified atom stereocenters. The van der Waals surface area contributed by atoms with Gasteiger partial charge < -0.3 is 44.1 Å². The summed E-state index contributed by atoms with van der Waals surface area (Å²) in [5.74, 6) is 7.95. The van der Waals surface area contributed by atoms with Gasteiger partial charge in [0.15, 0.2) is 0 Å². The molecule has 1 N–H and O–H groups in total. The second-order valence-corrected chi connectivity index (χ2v) is 23.5. The highest BCUT2D eigenvalue weighted by Gasteiger charge is 2.30. The lowest BCUT2D eigenvalue weighted by Crippen LogP contribution is -2.46. The Hall–Kier alpha value is -0.360. The summed E-state index contributed by atoms with van der Waals surface area (Å²) in [6.07, 6.45) is 6.05. The number of hydrogen-bond donors (Lipinski definition) is 1. The summed E-state index contributed by atoms with van der Waals surface area (Å²) in [7, 11) is 1.82. The summed E-state index contributed by atoms with van der Waals surface area (Å²) >= 11 is 0. The lowest BCUT2D eigenvalue weighted by Gasteiger charge is -2.38. The van der Waals surface area contributed by atoms with Crippen LogP contribution in [0, 0.1) is 59.2 Å². The molecule has 9 nitrogen and oxygen atoms in total. The molecule has 9 heteroatoms. The molecule has 0 aliphatic carbocycles. The molecule has 6 heterocycles. The maximum absolute atomic E-state index is 9.44. The van der Waals surface area contributed by atoms with Crippen LogP contribution in [0.5, 0.6) is 0 Å². The predicted molar refractivity (Wildman–Crippen MR) is 327 cm³/mol. The van der Waals surface area contributed by atoms with E-state index in [0.717, 1.165) is 67.6 Å². The fourth-order valence-electron chi connectivity index (χ4n) is 9.48. The maximum atomic E-state index is 9.44. The molecule has 6 aliphatic rings. The van der Waals surface area contributed by atoms with Gasteiger partial charge in [0, 0.05) is 100 Å². The van der Waals surface area contributed by atoms with Crippen molar-refractivity contribution in [3.8, 4) is 0 Å². The Bertz CT molecular complexity index is 1220. The van der Waals surface area contributed by atoms with Crippen LogP contribution in [0.15, 0.2) is 0 Å². The first-order chi connectivity index (χ1) is 34.4. The van der Waals surface area contributed by atoms with Gasteiger partial charge in [0.2, 0.25) is 0 Å². The average molecular weight is 1020 g/mol. The largest absolute Gasteiger partial charge is 0.391 e. The molecule has 0 amide bonds. The topological polar surface area (TPSA) is 52.1 Å². The van der Waals surface area contributed by atoms with Crippen molar-refractivity contribution < 1.29 is 18.1 Å². The summed E-state index contributed by atoms with van der Waals surface area (Å²) in [6, 6.07) is 0. The molecule has 6 aliphatic heterocycles. The van der Waals surface area contributed by atoms with Crippen LogP contribution < -0.4 is 0 Å². The molecule has 71 heavy (non-hydrogen) atoms. The van der Waals surface area contributed by atoms with E-state index in [-0.39, 0.29) is 34.9 Å². The number of hydrogen-bond acceptors (Lipinski definition) is 9. The summed E-state index contributed by atoms with van der Waals surface area (Å²) in [6.45, 7) is 63.3. The minimum absolute atomic E-state index is 0. The van der Waals surface area contributed by atoms with Crippen molar-refractivity contribution in [1.82, 2.24) is 34.3 Å². The first-order valence-electron chi connectivity index (χ1n) is 31.7. The van der Waals surface area contributed by atoms with Crippen molar-refractivity contribution in [2.75, 3.05) is 145 Å². The number of aliphatic hydroxyl groups is 1. The number of aliphatic hydroxyl groups excluding tert-OH is 1. The van der Waals surface area contributed by atoms with Gasteiger partial charge in [0.25, 0.3) is 0 Å². The molecule has 5 atom stereocenters. The molecule has 6 fully saturated rings. The maximum Gasteiger partial charge on any atom is 0.0735 e. The molecule has 438 valence electrons. The highest BCUT2D eigenvalue weighted by atomic mass is 16.5. The van der Waals surface area contributed by atoms with E-state index in [1.165, 1.54) is 124 Å². The quantitative estimate of drug-likeness (QED) is 0.183. The Labute approximate surface area is 461 Å². The molecule has 6 saturated heterocycles. The Kier molecular flexibility index (Phi) is 48.8. The summed E-state index contributed by atoms with van der Waals surface area (Å²) in [5.41, 5.74) is 0. The van der Waals surface area contributed by atoms with Gasteiger partial charge in [-0.1, -0.05) is 168 Å². The first-order valence-corrected chi connectivity index (χ1v) is 28.7. The van der Waals surface area contributed by atoms with Crippen molar-refractivity contribution in [2.45, 2.75) is 206 Å². The molecule has 6 rings (SSSR count). The van der Waals surface area contributed by atoms with Crippen LogP contribution in [0.2, 0.25) is 0 Å². The van der Waals surface area contributed by atoms with Gasteiger partial charge in [-0.15, -0.1) is 0 Å². The van der Waals surface area contributed by atoms with E-state index in [0.29, 0.717) is 28.8 Å². The monoisotopic (exact) mass is 1020 g/mol. The second kappa shape index (κ2) is 50.5. The Morgan fingerprint density at radius 2 is 0.803 bits per heavy atom. The van der Waals surface area contributed by atoms with Crippen molar-refractivity contribution >= 4 is 0 Å². The van der Waals surface area contributed by atoms with E-state index in [9.17, 15) is 5.11 Å². The molecule has 0 aromatic carbocycles. The van der Waals surface area contributed by atoms with Crippen LogP contribution in [0.3, 0.4) is 0 Å². The van der Waals surface area contributed by atoms with Crippen LogP contribution >= 0.6 is 0 Å². The second-order valence-electron chi connectivity index (χ2n) is 23.5. The number of nitrogens with zero attached hydrogens (tertiary/aromatic N) is 7. The van der Waals surface area contributed by atoms with Crippen LogP contribution in [-0.2, 0) is 4.74 Å². The molecular weight excluding hydrogens is 875 g/mol. The minimum Gasteiger partial charge on any atom is -0.391 e. The third-order valence-electron chi connectivity index (χ3n) is 12.4. The molecule has 0 saturated carbocycles. The lowest BCUT2D eigenvalue weighted by molar-refractivity contribution is 0.0830. The number of likely N-dealkylation sites (tertiary alicyclic amines) is 6. The van der Waals surface area contributed by atoms with Gasteiger partial charge in [-0.2, -0.15) is 0 Å². The van der Waals surface area contributed by atoms with Crippen LogP contribution in [0.4, 0.5) is 0 Å². The first kappa shape index (κ1) is 68.7. The SMILES string of the molecule is C.C.C.CC.CC.CC(C)CN1CC(C)C1.CC(C)CN1CCC1.CC(C)CN1CCCC1.CC(C)CN1CC[C@@H](C)C1.CC(C)CN1C[C@H](C)[C@@H](O)C1.CO[C@@H]1CN(CC(C)C)C[C@@H]1C.[2H]C([2H])([2H])N(CC)C([2H])([2H])[2H]. The third kappa shape index (κ3) is 47.8. The van der Waals surface area contributed by atoms with Gasteiger partial charge >= 0.3 is 0 Å². The fourth-order valence-corrected chi connectivity index (χ4v) is 9.48. The van der Waals surface area contributed by atoms with Gasteiger partial charge in [-0.05, 0) is 138 Å². The molecule has 0 aromatic rings. The number of rotatable bonds is 14. The molecule has 0 aromatic heterocycles. The van der Waals surface area contributed by atoms with Crippen molar-refractivity contribution in [2.24, 2.45) is 59.2 Å². The zero-order valence-electron chi connectivity index (χ0n) is 56.2. The average Bonchev–Trinajstić information content (AvgIpc) is 4.06. The van der Waals surface area contributed by atoms with E-state index in [1.807, 2.05) is 34.8 Å². The Morgan fingerprint density at radius 1 is 0.465 bits per heavy atom. The van der Waals surface area contributed by atoms with Gasteiger partial charge in [0.05, 0.1) is 12.2 Å². The number of ether oxygens (including phenoxy) is 1. The molecule has 0 radical (unpaired) electrons. The van der Waals surface area contributed by atoms with E-state index in [4.69, 9.17) is 13.0 Å². The molecule has 0 spiro atoms. The highest BCUT2D eigenvalue weighted by Crippen LogP contribution is 2.20. The Balaban J connectivity index is -0.000000188. The Morgan fingerprint density at radius 3 is 1.06 bits per heavy atom. The predicted octanol–water partition coefficient (Wildman–Crippen LogP) is 13.8. The van der Waals surface area contributed by atoms with Crippen LogP contribution in [0.1, 0.15) is 202 Å². The van der Waals surface area contributed by atoms with Gasteiger partial charge in [-0.3, -0.25) is 0 Å². The van der Waals surface area contributed by atoms with Gasteiger partial charge in [-0.25, -0.2) is 0 Å². The van der Waals surface area contributed by atoms with Crippen LogP contribution in [0.25, 0.3) is 0 Å². The highest BCUT2D eigenvalue weighted by molar-refractivity contribution is 4.83. The minimum atomic E-state index is -2.53. The van der Waals surface area contributed by atoms with Crippen molar-refractivity contribution in [1.29, 1.82) is 0 Å². The van der Waals surface area contributed by atoms with Gasteiger partial charge in [0.1, 0.15) is 0 Å². The summed E-state index contributed by atoms with van der Waals surface area (Å²) in [4.78, 5) is 15.5. The molecule has 0 bridgehead atoms. The van der Waals surface area contributed by atoms with E-state index in [2.05, 4.69) is 140 Å². The van der Waals surface area contributed by atoms with Crippen molar-refractivity contribution in [3.63, 3.8) is 0 Å². The van der Waals surface area contributed by atoms with E-state index in [1.54, 1.807) is 0 Å². The summed E-state index contributed by atoms with van der Waals surface area (Å²) in [5, 5.41) is 9.44. The van der Waals surface area contributed by atoms with Crippen molar-refractivity contribution in [3.05, 3.63) is 0 Å². The normalized spacial score (nSPS) is 25.0. The zero-order chi connectivity index (χ0) is 57.9. The third-order valence-corrected chi connectivity index (χ3v) is 12.4. The zero-order valence-corrected chi connectivity index (χ0v) is 50.2. The van der Waals surface area contributed by atoms with E-state index < -0.39 is 14.0 Å². The molecular formula is C62H143N7O2. The smallest absolute Gasteiger partial charge is 0.0735 e. The fraction of sp³-hybridized carbons (Fsp3) is 1.00. The standard InChI is InChI=1S/C10H21NO.C9H19NO.C9H19N.2C8H17N.C7H15N.C4H11N.2C2H6.3CH4/c1-8(2)5-11-6-9(3)10(7-11)12-4;1-7(2)4-10-5-8(3)9(11)6-10;1-8(2)6-10-5-4-9(3)7-10;1-7(2)4-9-5-8(3)6-9;1-8(2)7-9-5-3-4-6-9;1-7(2)6-8-4-3-5-8;1-4-5(2)3;2*1-2;;;/h8-10H,5-7H2,1-4H3;7-9,11H,4-6H2,1-3H3;8-9H,4-7H2,1-3H3;7-8H,4-6H2,1-3H3;8H,3-7H2,1-2H3;7H,3-6H2,1-2H3;4H2,1-3H3;2*1-2H3;3*1H4/t9-,10+;8-,9-;9-;;;;;;;;;/m001........./s1/i;;;;;;2D3,3D3;;;;;. The number of β-amino-alcohol motifs (C(OH)–C–C–N with tert-alkyl or cyclic N) is 1. The number of methoxy groups -OCH3 is 1. The van der Waals surface area contributed by atoms with E-state index >= 15 is 0 Å². The lowest BCUT2D eigenvalue weighted by atomic mass is 10.0.